The maximum absolute atomic E-state index is 11.6. The molecule has 3 saturated carbocycles. The zero-order chi connectivity index (χ0) is 9.00. The highest BCUT2D eigenvalue weighted by molar-refractivity contribution is 5.81. The Balaban J connectivity index is 1.84. The van der Waals surface area contributed by atoms with Crippen LogP contribution in [0.2, 0.25) is 0 Å². The highest BCUT2D eigenvalue weighted by Crippen LogP contribution is 2.57. The van der Waals surface area contributed by atoms with Gasteiger partial charge in [0.2, 0.25) is 0 Å². The summed E-state index contributed by atoms with van der Waals surface area (Å²) in [5.74, 6) is 4.61. The molecule has 13 heavy (non-hydrogen) atoms. The van der Waals surface area contributed by atoms with Gasteiger partial charge in [0.25, 0.3) is 0 Å². The summed E-state index contributed by atoms with van der Waals surface area (Å²) in [6.07, 6.45) is 6.48. The summed E-state index contributed by atoms with van der Waals surface area (Å²) >= 11 is 0. The van der Waals surface area contributed by atoms with Crippen molar-refractivity contribution in [2.45, 2.75) is 39.0 Å². The molecular weight excluding hydrogens is 160 g/mol. The molecule has 0 radical (unpaired) electrons. The highest BCUT2D eigenvalue weighted by atomic mass is 16.1. The molecule has 72 valence electrons. The van der Waals surface area contributed by atoms with Gasteiger partial charge >= 0.3 is 0 Å². The molecule has 0 aromatic rings. The second-order valence-corrected chi connectivity index (χ2v) is 5.47. The van der Waals surface area contributed by atoms with E-state index in [2.05, 4.69) is 6.92 Å². The molecule has 5 atom stereocenters. The van der Waals surface area contributed by atoms with Gasteiger partial charge in [-0.2, -0.15) is 0 Å². The first kappa shape index (κ1) is 8.02. The predicted octanol–water partition coefficient (Wildman–Crippen LogP) is 2.65. The van der Waals surface area contributed by atoms with Crippen LogP contribution in [0.5, 0.6) is 0 Å². The molecule has 1 nitrogen and oxygen atoms in total. The molecule has 3 aliphatic carbocycles. The third-order valence-corrected chi connectivity index (χ3v) is 4.89. The standard InChI is InChI=1S/C12H18O/c1-7-4-10-8-2-3-9(5-8)11(10)6-12(7)13/h7-11H,2-6H2,1H3/t7-,8+,9-,10?,11?/m1/s1. The Kier molecular flexibility index (Phi) is 1.59. The summed E-state index contributed by atoms with van der Waals surface area (Å²) in [7, 11) is 0. The molecule has 0 aromatic carbocycles. The SMILES string of the molecule is C[C@@H]1CC2C(CC1=O)[C@@H]1CC[C@H]2C1. The fourth-order valence-corrected chi connectivity index (χ4v) is 4.19. The first-order valence-corrected chi connectivity index (χ1v) is 5.78. The summed E-state index contributed by atoms with van der Waals surface area (Å²) in [5, 5.41) is 0. The van der Waals surface area contributed by atoms with E-state index in [-0.39, 0.29) is 0 Å². The van der Waals surface area contributed by atoms with E-state index in [1.165, 1.54) is 25.7 Å². The van der Waals surface area contributed by atoms with E-state index in [4.69, 9.17) is 0 Å². The number of hydrogen-bond donors (Lipinski definition) is 0. The topological polar surface area (TPSA) is 17.1 Å². The molecule has 0 aliphatic heterocycles. The Morgan fingerprint density at radius 2 is 1.77 bits per heavy atom. The van der Waals surface area contributed by atoms with Crippen LogP contribution in [0, 0.1) is 29.6 Å². The van der Waals surface area contributed by atoms with Gasteiger partial charge in [0.05, 0.1) is 0 Å². The minimum atomic E-state index is 0.376. The number of carbonyl (C=O) groups is 1. The van der Waals surface area contributed by atoms with Crippen LogP contribution in [0.1, 0.15) is 39.0 Å². The lowest BCUT2D eigenvalue weighted by Gasteiger charge is -2.36. The van der Waals surface area contributed by atoms with E-state index in [0.717, 1.165) is 30.1 Å². The van der Waals surface area contributed by atoms with Crippen LogP contribution >= 0.6 is 0 Å². The van der Waals surface area contributed by atoms with Crippen LogP contribution in [-0.4, -0.2) is 5.78 Å². The maximum Gasteiger partial charge on any atom is 0.136 e. The zero-order valence-corrected chi connectivity index (χ0v) is 8.33. The van der Waals surface area contributed by atoms with Crippen LogP contribution in [-0.2, 0) is 4.79 Å². The molecule has 0 amide bonds. The minimum absolute atomic E-state index is 0.376. The zero-order valence-electron chi connectivity index (χ0n) is 8.33. The van der Waals surface area contributed by atoms with Crippen molar-refractivity contribution in [2.75, 3.05) is 0 Å². The molecular formula is C12H18O. The molecule has 0 heterocycles. The molecule has 0 spiro atoms. The number of Topliss-reactive ketones (excluding diaryl/α,β-unsaturated/α-hetero) is 1. The average Bonchev–Trinajstić information content (AvgIpc) is 2.67. The summed E-state index contributed by atoms with van der Waals surface area (Å²) in [6, 6.07) is 0. The van der Waals surface area contributed by atoms with E-state index >= 15 is 0 Å². The Morgan fingerprint density at radius 3 is 2.54 bits per heavy atom. The van der Waals surface area contributed by atoms with Crippen LogP contribution < -0.4 is 0 Å². The Morgan fingerprint density at radius 1 is 1.08 bits per heavy atom. The summed E-state index contributed by atoms with van der Waals surface area (Å²) in [4.78, 5) is 11.6. The van der Waals surface area contributed by atoms with Crippen molar-refractivity contribution in [3.05, 3.63) is 0 Å². The Hall–Kier alpha value is -0.330. The quantitative estimate of drug-likeness (QED) is 0.557. The summed E-state index contributed by atoms with van der Waals surface area (Å²) < 4.78 is 0. The molecule has 3 rings (SSSR count). The third kappa shape index (κ3) is 1.02. The smallest absolute Gasteiger partial charge is 0.136 e. The molecule has 3 aliphatic rings. The van der Waals surface area contributed by atoms with Gasteiger partial charge in [0, 0.05) is 12.3 Å². The molecule has 2 bridgehead atoms. The lowest BCUT2D eigenvalue weighted by Crippen LogP contribution is -2.34. The second-order valence-electron chi connectivity index (χ2n) is 5.47. The summed E-state index contributed by atoms with van der Waals surface area (Å²) in [6.45, 7) is 2.13. The predicted molar refractivity (Wildman–Crippen MR) is 51.2 cm³/mol. The number of ketones is 1. The van der Waals surface area contributed by atoms with E-state index in [0.29, 0.717) is 11.7 Å². The summed E-state index contributed by atoms with van der Waals surface area (Å²) in [5.41, 5.74) is 0. The van der Waals surface area contributed by atoms with Gasteiger partial charge in [-0.05, 0) is 49.4 Å². The lowest BCUT2D eigenvalue weighted by atomic mass is 9.67. The van der Waals surface area contributed by atoms with Gasteiger partial charge in [-0.25, -0.2) is 0 Å². The first-order valence-electron chi connectivity index (χ1n) is 5.78. The number of rotatable bonds is 0. The lowest BCUT2D eigenvalue weighted by molar-refractivity contribution is -0.127. The van der Waals surface area contributed by atoms with Crippen molar-refractivity contribution in [3.63, 3.8) is 0 Å². The average molecular weight is 178 g/mol. The van der Waals surface area contributed by atoms with Gasteiger partial charge < -0.3 is 0 Å². The van der Waals surface area contributed by atoms with E-state index in [1.807, 2.05) is 0 Å². The van der Waals surface area contributed by atoms with Crippen LogP contribution in [0.4, 0.5) is 0 Å². The first-order chi connectivity index (χ1) is 6.25. The molecule has 3 fully saturated rings. The highest BCUT2D eigenvalue weighted by Gasteiger charge is 2.50. The fourth-order valence-electron chi connectivity index (χ4n) is 4.19. The number of carbonyl (C=O) groups excluding carboxylic acids is 1. The molecule has 0 N–H and O–H groups in total. The fraction of sp³-hybridized carbons (Fsp3) is 0.917. The van der Waals surface area contributed by atoms with Gasteiger partial charge in [0.15, 0.2) is 0 Å². The van der Waals surface area contributed by atoms with Gasteiger partial charge in [-0.3, -0.25) is 4.79 Å². The van der Waals surface area contributed by atoms with Crippen LogP contribution in [0.25, 0.3) is 0 Å². The van der Waals surface area contributed by atoms with Crippen LogP contribution in [0.3, 0.4) is 0 Å². The van der Waals surface area contributed by atoms with E-state index in [1.54, 1.807) is 0 Å². The Bertz CT molecular complexity index is 246. The van der Waals surface area contributed by atoms with Gasteiger partial charge in [0.1, 0.15) is 5.78 Å². The Labute approximate surface area is 79.9 Å². The second kappa shape index (κ2) is 2.59. The van der Waals surface area contributed by atoms with Crippen LogP contribution in [0.15, 0.2) is 0 Å². The largest absolute Gasteiger partial charge is 0.299 e. The normalized spacial score (nSPS) is 53.9. The van der Waals surface area contributed by atoms with Crippen molar-refractivity contribution >= 4 is 5.78 Å². The van der Waals surface area contributed by atoms with Crippen molar-refractivity contribution in [3.8, 4) is 0 Å². The number of hydrogen-bond acceptors (Lipinski definition) is 1. The van der Waals surface area contributed by atoms with Crippen molar-refractivity contribution < 1.29 is 4.79 Å². The monoisotopic (exact) mass is 178 g/mol. The molecule has 2 unspecified atom stereocenters. The van der Waals surface area contributed by atoms with Crippen molar-refractivity contribution in [2.24, 2.45) is 29.6 Å². The maximum atomic E-state index is 11.6. The third-order valence-electron chi connectivity index (χ3n) is 4.89. The van der Waals surface area contributed by atoms with Gasteiger partial charge in [-0.1, -0.05) is 6.92 Å². The molecule has 0 saturated heterocycles. The van der Waals surface area contributed by atoms with Crippen molar-refractivity contribution in [1.29, 1.82) is 0 Å². The molecule has 1 heteroatoms. The molecule has 0 aromatic heterocycles. The minimum Gasteiger partial charge on any atom is -0.299 e. The van der Waals surface area contributed by atoms with Gasteiger partial charge in [-0.15, -0.1) is 0 Å². The van der Waals surface area contributed by atoms with Crippen molar-refractivity contribution in [1.82, 2.24) is 0 Å². The van der Waals surface area contributed by atoms with E-state index in [9.17, 15) is 4.79 Å². The number of fused-ring (bicyclic) bond motifs is 5. The van der Waals surface area contributed by atoms with E-state index < -0.39 is 0 Å².